The first-order valence-corrected chi connectivity index (χ1v) is 12.6. The highest BCUT2D eigenvalue weighted by Crippen LogP contribution is 2.47. The van der Waals surface area contributed by atoms with Crippen molar-refractivity contribution in [2.75, 3.05) is 44.7 Å². The summed E-state index contributed by atoms with van der Waals surface area (Å²) in [5.41, 5.74) is 6.46. The Bertz CT molecular complexity index is 1250. The van der Waals surface area contributed by atoms with Crippen LogP contribution >= 0.6 is 11.8 Å². The minimum Gasteiger partial charge on any atom is -0.477 e. The third-order valence-electron chi connectivity index (χ3n) is 6.42. The number of nitrogens with one attached hydrogen (secondary N) is 1. The predicted molar refractivity (Wildman–Crippen MR) is 137 cm³/mol. The zero-order valence-corrected chi connectivity index (χ0v) is 20.9. The van der Waals surface area contributed by atoms with E-state index in [0.717, 1.165) is 64.9 Å². The minimum atomic E-state index is -0.370. The molecule has 1 saturated heterocycles. The van der Waals surface area contributed by atoms with Gasteiger partial charge in [0, 0.05) is 68.5 Å². The second-order valence-electron chi connectivity index (χ2n) is 8.64. The number of piperazine rings is 1. The van der Waals surface area contributed by atoms with Gasteiger partial charge in [0.1, 0.15) is 4.90 Å². The summed E-state index contributed by atoms with van der Waals surface area (Å²) >= 11 is 1.59. The summed E-state index contributed by atoms with van der Waals surface area (Å²) in [7, 11) is 2.07. The molecule has 0 spiro atoms. The molecule has 9 nitrogen and oxygen atoms in total. The topological polar surface area (TPSA) is 96.7 Å². The largest absolute Gasteiger partial charge is 0.477 e. The van der Waals surface area contributed by atoms with E-state index in [1.165, 1.54) is 0 Å². The van der Waals surface area contributed by atoms with Gasteiger partial charge in [0.2, 0.25) is 11.8 Å². The summed E-state index contributed by atoms with van der Waals surface area (Å²) < 4.78 is 5.95. The van der Waals surface area contributed by atoms with Gasteiger partial charge < -0.3 is 19.9 Å². The number of ether oxygens (including phenoxy) is 1. The molecule has 0 amide bonds. The second-order valence-corrected chi connectivity index (χ2v) is 9.52. The molecule has 4 heterocycles. The highest BCUT2D eigenvalue weighted by molar-refractivity contribution is 8.02. The lowest BCUT2D eigenvalue weighted by Crippen LogP contribution is -2.44. The van der Waals surface area contributed by atoms with Crippen molar-refractivity contribution in [2.45, 2.75) is 25.2 Å². The fraction of sp³-hybridized carbons (Fsp3) is 0.360. The summed E-state index contributed by atoms with van der Waals surface area (Å²) in [6, 6.07) is 6.77. The first-order valence-electron chi connectivity index (χ1n) is 11.7. The average molecular weight is 493 g/mol. The molecular formula is C25H28N6O3S. The molecule has 10 heteroatoms. The van der Waals surface area contributed by atoms with Crippen molar-refractivity contribution in [1.82, 2.24) is 20.2 Å². The third-order valence-corrected chi connectivity index (χ3v) is 7.37. The maximum atomic E-state index is 11.0. The van der Waals surface area contributed by atoms with E-state index in [0.29, 0.717) is 24.9 Å². The molecule has 0 aliphatic carbocycles. The minimum absolute atomic E-state index is 0.103. The fourth-order valence-corrected chi connectivity index (χ4v) is 5.53. The highest BCUT2D eigenvalue weighted by Gasteiger charge is 2.31. The van der Waals surface area contributed by atoms with Gasteiger partial charge in [0.25, 0.3) is 5.69 Å². The molecule has 3 aliphatic heterocycles. The van der Waals surface area contributed by atoms with Crippen LogP contribution in [0.3, 0.4) is 0 Å². The molecule has 1 fully saturated rings. The quantitative estimate of drug-likeness (QED) is 0.474. The van der Waals surface area contributed by atoms with Gasteiger partial charge in [-0.3, -0.25) is 10.1 Å². The van der Waals surface area contributed by atoms with E-state index in [9.17, 15) is 10.1 Å². The van der Waals surface area contributed by atoms with Crippen LogP contribution in [0.5, 0.6) is 5.88 Å². The number of hydrogen-bond acceptors (Lipinski definition) is 9. The van der Waals surface area contributed by atoms with E-state index in [-0.39, 0.29) is 10.6 Å². The number of aromatic nitrogens is 2. The van der Waals surface area contributed by atoms with E-state index < -0.39 is 0 Å². The molecule has 35 heavy (non-hydrogen) atoms. The van der Waals surface area contributed by atoms with Crippen molar-refractivity contribution >= 4 is 29.0 Å². The molecule has 182 valence electrons. The number of rotatable bonds is 6. The number of thioether (sulfide) groups is 1. The Morgan fingerprint density at radius 1 is 1.20 bits per heavy atom. The normalized spacial score (nSPS) is 17.5. The molecule has 5 rings (SSSR count). The van der Waals surface area contributed by atoms with Gasteiger partial charge in [-0.1, -0.05) is 23.9 Å². The van der Waals surface area contributed by atoms with E-state index in [4.69, 9.17) is 14.7 Å². The zero-order chi connectivity index (χ0) is 24.5. The SMILES string of the molecule is CCOc1nc(N2CCNCC2)nc2c1SC=C1C2=CC(C)=C(Cc2ccc([N+](=O)[O-])cc2)N1C. The molecule has 0 bridgehead atoms. The number of allylic oxidation sites excluding steroid dienone is 4. The monoisotopic (exact) mass is 492 g/mol. The third kappa shape index (κ3) is 4.51. The number of nitro groups is 1. The summed E-state index contributed by atoms with van der Waals surface area (Å²) in [5, 5.41) is 16.5. The molecule has 2 aromatic rings. The van der Waals surface area contributed by atoms with Gasteiger partial charge in [0.05, 0.1) is 22.9 Å². The molecule has 1 aromatic carbocycles. The van der Waals surface area contributed by atoms with Crippen LogP contribution in [-0.4, -0.2) is 59.6 Å². The van der Waals surface area contributed by atoms with Gasteiger partial charge in [-0.2, -0.15) is 4.98 Å². The Kier molecular flexibility index (Phi) is 6.48. The van der Waals surface area contributed by atoms with Gasteiger partial charge >= 0.3 is 0 Å². The Morgan fingerprint density at radius 3 is 2.63 bits per heavy atom. The first-order chi connectivity index (χ1) is 17.0. The Balaban J connectivity index is 1.53. The number of nitro benzene ring substituents is 1. The smallest absolute Gasteiger partial charge is 0.269 e. The number of likely N-dealkylation sites (N-methyl/N-ethyl adjacent to an activating group) is 1. The van der Waals surface area contributed by atoms with Crippen LogP contribution < -0.4 is 15.0 Å². The van der Waals surface area contributed by atoms with Gasteiger partial charge in [-0.25, -0.2) is 4.98 Å². The summed E-state index contributed by atoms with van der Waals surface area (Å²) in [5.74, 6) is 1.34. The number of anilines is 1. The first kappa shape index (κ1) is 23.4. The molecule has 0 atom stereocenters. The van der Waals surface area contributed by atoms with E-state index in [1.807, 2.05) is 19.1 Å². The van der Waals surface area contributed by atoms with Crippen LogP contribution in [0.15, 0.2) is 57.6 Å². The summed E-state index contributed by atoms with van der Waals surface area (Å²) in [6.45, 7) is 8.14. The molecule has 3 aliphatic rings. The van der Waals surface area contributed by atoms with Gasteiger partial charge in [-0.05, 0) is 31.1 Å². The van der Waals surface area contributed by atoms with E-state index in [2.05, 4.69) is 40.6 Å². The fourth-order valence-electron chi connectivity index (χ4n) is 4.55. The van der Waals surface area contributed by atoms with E-state index >= 15 is 0 Å². The molecule has 1 aromatic heterocycles. The number of hydrogen-bond donors (Lipinski definition) is 1. The number of fused-ring (bicyclic) bond motifs is 3. The summed E-state index contributed by atoms with van der Waals surface area (Å²) in [6.07, 6.45) is 2.87. The Labute approximate surface area is 208 Å². The predicted octanol–water partition coefficient (Wildman–Crippen LogP) is 3.99. The van der Waals surface area contributed by atoms with E-state index in [1.54, 1.807) is 23.9 Å². The zero-order valence-electron chi connectivity index (χ0n) is 20.1. The van der Waals surface area contributed by atoms with Crippen molar-refractivity contribution < 1.29 is 9.66 Å². The number of non-ortho nitro benzene ring substituents is 1. The lowest BCUT2D eigenvalue weighted by molar-refractivity contribution is -0.384. The van der Waals surface area contributed by atoms with Gasteiger partial charge in [0.15, 0.2) is 0 Å². The Hall–Kier alpha value is -3.37. The lowest BCUT2D eigenvalue weighted by atomic mass is 9.95. The standard InChI is InChI=1S/C25H28N6O3S/c1-4-34-24-23-22(27-25(28-24)30-11-9-26-10-12-30)19-13-16(2)20(29(3)21(19)15-35-23)14-17-5-7-18(8-6-17)31(32)33/h5-8,13,15,26H,4,9-12,14H2,1-3H3. The van der Waals surface area contributed by atoms with Crippen LogP contribution in [-0.2, 0) is 6.42 Å². The van der Waals surface area contributed by atoms with Gasteiger partial charge in [-0.15, -0.1) is 0 Å². The van der Waals surface area contributed by atoms with Crippen LogP contribution in [0, 0.1) is 10.1 Å². The maximum Gasteiger partial charge on any atom is 0.269 e. The van der Waals surface area contributed by atoms with Crippen molar-refractivity contribution in [3.8, 4) is 5.88 Å². The maximum absolute atomic E-state index is 11.0. The average Bonchev–Trinajstić information content (AvgIpc) is 2.87. The summed E-state index contributed by atoms with van der Waals surface area (Å²) in [4.78, 5) is 25.8. The molecule has 0 radical (unpaired) electrons. The molecular weight excluding hydrogens is 464 g/mol. The van der Waals surface area contributed by atoms with Crippen LogP contribution in [0.2, 0.25) is 0 Å². The molecule has 0 saturated carbocycles. The van der Waals surface area contributed by atoms with Crippen molar-refractivity contribution in [2.24, 2.45) is 0 Å². The lowest BCUT2D eigenvalue weighted by Gasteiger charge is -2.35. The molecule has 0 unspecified atom stereocenters. The van der Waals surface area contributed by atoms with Crippen molar-refractivity contribution in [3.63, 3.8) is 0 Å². The van der Waals surface area contributed by atoms with Crippen molar-refractivity contribution in [1.29, 1.82) is 0 Å². The number of benzene rings is 1. The molecule has 1 N–H and O–H groups in total. The van der Waals surface area contributed by atoms with Crippen LogP contribution in [0.1, 0.15) is 25.1 Å². The van der Waals surface area contributed by atoms with Crippen molar-refractivity contribution in [3.05, 3.63) is 74.1 Å². The second kappa shape index (κ2) is 9.71. The van der Waals surface area contributed by atoms with Crippen LogP contribution in [0.25, 0.3) is 5.57 Å². The van der Waals surface area contributed by atoms with Crippen LogP contribution in [0.4, 0.5) is 11.6 Å². The Morgan fingerprint density at radius 2 is 1.94 bits per heavy atom. The highest BCUT2D eigenvalue weighted by atomic mass is 32.2. The number of nitrogens with zero attached hydrogens (tertiary/aromatic N) is 5.